The third-order valence-electron chi connectivity index (χ3n) is 3.80. The molecule has 2 saturated heterocycles. The van der Waals surface area contributed by atoms with Crippen LogP contribution in [0.5, 0.6) is 0 Å². The lowest BCUT2D eigenvalue weighted by molar-refractivity contribution is -0.137. The number of nitrogens with one attached hydrogen (secondary N) is 1. The molecule has 2 fully saturated rings. The molecule has 3 rings (SSSR count). The highest BCUT2D eigenvalue weighted by molar-refractivity contribution is 7.07. The van der Waals surface area contributed by atoms with Crippen LogP contribution in [-0.4, -0.2) is 49.3 Å². The number of nitrogens with zero attached hydrogens (tertiary/aromatic N) is 1. The Hall–Kier alpha value is -0.950. The first kappa shape index (κ1) is 14.0. The number of hydrogen-bond acceptors (Lipinski definition) is 5. The third kappa shape index (κ3) is 2.74. The van der Waals surface area contributed by atoms with Gasteiger partial charge in [-0.1, -0.05) is 6.92 Å². The lowest BCUT2D eigenvalue weighted by atomic mass is 10.2. The zero-order chi connectivity index (χ0) is 13.9. The second kappa shape index (κ2) is 6.22. The Labute approximate surface area is 122 Å². The van der Waals surface area contributed by atoms with Gasteiger partial charge in [0.15, 0.2) is 0 Å². The average molecular weight is 296 g/mol. The van der Waals surface area contributed by atoms with Gasteiger partial charge in [0.25, 0.3) is 0 Å². The molecule has 20 heavy (non-hydrogen) atoms. The first-order chi connectivity index (χ1) is 9.79. The standard InChI is InChI=1S/C14H20N2O3S/c1-2-12-14(17)16(7-11-8-18-4-5-19-11)13(15-12)10-3-6-20-9-10/h3,6,9,11-13,15H,2,4-5,7-8H2,1H3. The molecule has 5 nitrogen and oxygen atoms in total. The summed E-state index contributed by atoms with van der Waals surface area (Å²) >= 11 is 1.65. The van der Waals surface area contributed by atoms with E-state index >= 15 is 0 Å². The van der Waals surface area contributed by atoms with E-state index in [-0.39, 0.29) is 24.2 Å². The first-order valence-corrected chi connectivity index (χ1v) is 8.02. The van der Waals surface area contributed by atoms with Crippen LogP contribution in [-0.2, 0) is 14.3 Å². The molecular weight excluding hydrogens is 276 g/mol. The van der Waals surface area contributed by atoms with Crippen molar-refractivity contribution in [3.05, 3.63) is 22.4 Å². The summed E-state index contributed by atoms with van der Waals surface area (Å²) in [4.78, 5) is 14.4. The summed E-state index contributed by atoms with van der Waals surface area (Å²) in [6.45, 7) is 4.44. The Balaban J connectivity index is 1.75. The van der Waals surface area contributed by atoms with Crippen molar-refractivity contribution in [2.24, 2.45) is 0 Å². The van der Waals surface area contributed by atoms with Crippen LogP contribution in [0.1, 0.15) is 25.1 Å². The predicted molar refractivity (Wildman–Crippen MR) is 76.5 cm³/mol. The number of ether oxygens (including phenoxy) is 2. The molecule has 1 N–H and O–H groups in total. The molecule has 3 atom stereocenters. The van der Waals surface area contributed by atoms with Gasteiger partial charge in [-0.15, -0.1) is 0 Å². The van der Waals surface area contributed by atoms with E-state index in [1.807, 2.05) is 17.2 Å². The second-order valence-electron chi connectivity index (χ2n) is 5.15. The van der Waals surface area contributed by atoms with Gasteiger partial charge in [0, 0.05) is 0 Å². The highest BCUT2D eigenvalue weighted by atomic mass is 32.1. The van der Waals surface area contributed by atoms with Gasteiger partial charge in [-0.25, -0.2) is 0 Å². The SMILES string of the molecule is CCC1NC(c2ccsc2)N(CC2COCCO2)C1=O. The van der Waals surface area contributed by atoms with E-state index in [2.05, 4.69) is 16.8 Å². The molecule has 6 heteroatoms. The largest absolute Gasteiger partial charge is 0.376 e. The summed E-state index contributed by atoms with van der Waals surface area (Å²) in [6, 6.07) is 1.98. The highest BCUT2D eigenvalue weighted by Gasteiger charge is 2.40. The summed E-state index contributed by atoms with van der Waals surface area (Å²) in [5.41, 5.74) is 1.15. The maximum atomic E-state index is 12.5. The van der Waals surface area contributed by atoms with Gasteiger partial charge in [0.1, 0.15) is 6.17 Å². The minimum absolute atomic E-state index is 0.0220. The summed E-state index contributed by atoms with van der Waals surface area (Å²) in [5.74, 6) is 0.165. The van der Waals surface area contributed by atoms with Crippen LogP contribution >= 0.6 is 11.3 Å². The Morgan fingerprint density at radius 2 is 2.40 bits per heavy atom. The summed E-state index contributed by atoms with van der Waals surface area (Å²) in [7, 11) is 0. The predicted octanol–water partition coefficient (Wildman–Crippen LogP) is 1.37. The molecule has 0 radical (unpaired) electrons. The molecule has 1 aromatic heterocycles. The lowest BCUT2D eigenvalue weighted by Crippen LogP contribution is -2.42. The van der Waals surface area contributed by atoms with Crippen molar-refractivity contribution in [1.29, 1.82) is 0 Å². The molecule has 0 saturated carbocycles. The van der Waals surface area contributed by atoms with E-state index in [0.717, 1.165) is 12.0 Å². The molecule has 110 valence electrons. The van der Waals surface area contributed by atoms with Crippen molar-refractivity contribution in [3.63, 3.8) is 0 Å². The Morgan fingerprint density at radius 3 is 3.05 bits per heavy atom. The first-order valence-electron chi connectivity index (χ1n) is 7.07. The molecule has 2 aliphatic heterocycles. The average Bonchev–Trinajstić information content (AvgIpc) is 3.10. The van der Waals surface area contributed by atoms with Gasteiger partial charge in [0.2, 0.25) is 5.91 Å². The number of carbonyl (C=O) groups excluding carboxylic acids is 1. The zero-order valence-corrected chi connectivity index (χ0v) is 12.4. The van der Waals surface area contributed by atoms with Gasteiger partial charge in [-0.05, 0) is 28.8 Å². The normalized spacial score (nSPS) is 30.9. The van der Waals surface area contributed by atoms with Crippen LogP contribution in [0.25, 0.3) is 0 Å². The van der Waals surface area contributed by atoms with Crippen molar-refractivity contribution in [1.82, 2.24) is 10.2 Å². The van der Waals surface area contributed by atoms with Gasteiger partial charge < -0.3 is 14.4 Å². The number of thiophene rings is 1. The Kier molecular flexibility index (Phi) is 4.35. The zero-order valence-electron chi connectivity index (χ0n) is 11.6. The Bertz CT molecular complexity index is 445. The van der Waals surface area contributed by atoms with E-state index in [9.17, 15) is 4.79 Å². The fraction of sp³-hybridized carbons (Fsp3) is 0.643. The third-order valence-corrected chi connectivity index (χ3v) is 4.51. The quantitative estimate of drug-likeness (QED) is 0.912. The number of rotatable bonds is 4. The van der Waals surface area contributed by atoms with Crippen molar-refractivity contribution in [2.75, 3.05) is 26.4 Å². The maximum absolute atomic E-state index is 12.5. The van der Waals surface area contributed by atoms with Gasteiger partial charge in [-0.3, -0.25) is 10.1 Å². The number of amides is 1. The van der Waals surface area contributed by atoms with E-state index in [0.29, 0.717) is 26.4 Å². The molecular formula is C14H20N2O3S. The van der Waals surface area contributed by atoms with Gasteiger partial charge in [0.05, 0.1) is 38.5 Å². The van der Waals surface area contributed by atoms with E-state index in [4.69, 9.17) is 9.47 Å². The fourth-order valence-electron chi connectivity index (χ4n) is 2.74. The van der Waals surface area contributed by atoms with Crippen LogP contribution in [0.2, 0.25) is 0 Å². The van der Waals surface area contributed by atoms with E-state index in [1.54, 1.807) is 11.3 Å². The summed E-state index contributed by atoms with van der Waals surface area (Å²) in [5, 5.41) is 7.55. The minimum atomic E-state index is -0.0931. The second-order valence-corrected chi connectivity index (χ2v) is 5.93. The minimum Gasteiger partial charge on any atom is -0.376 e. The maximum Gasteiger partial charge on any atom is 0.241 e. The monoisotopic (exact) mass is 296 g/mol. The van der Waals surface area contributed by atoms with Crippen LogP contribution in [0, 0.1) is 0 Å². The smallest absolute Gasteiger partial charge is 0.241 e. The molecule has 2 aliphatic rings. The van der Waals surface area contributed by atoms with Crippen molar-refractivity contribution >= 4 is 17.2 Å². The Morgan fingerprint density at radius 1 is 1.50 bits per heavy atom. The molecule has 0 bridgehead atoms. The molecule has 1 aromatic rings. The molecule has 3 unspecified atom stereocenters. The summed E-state index contributed by atoms with van der Waals surface area (Å²) < 4.78 is 11.1. The molecule has 3 heterocycles. The van der Waals surface area contributed by atoms with E-state index < -0.39 is 0 Å². The topological polar surface area (TPSA) is 50.8 Å². The molecule has 1 amide bonds. The van der Waals surface area contributed by atoms with Crippen molar-refractivity contribution < 1.29 is 14.3 Å². The van der Waals surface area contributed by atoms with Gasteiger partial charge in [-0.2, -0.15) is 11.3 Å². The lowest BCUT2D eigenvalue weighted by Gasteiger charge is -2.30. The van der Waals surface area contributed by atoms with Crippen LogP contribution in [0.4, 0.5) is 0 Å². The number of hydrogen-bond donors (Lipinski definition) is 1. The van der Waals surface area contributed by atoms with Crippen molar-refractivity contribution in [3.8, 4) is 0 Å². The van der Waals surface area contributed by atoms with Crippen LogP contribution < -0.4 is 5.32 Å². The van der Waals surface area contributed by atoms with Crippen molar-refractivity contribution in [2.45, 2.75) is 31.7 Å². The molecule has 0 aromatic carbocycles. The van der Waals surface area contributed by atoms with Gasteiger partial charge >= 0.3 is 0 Å². The molecule has 0 aliphatic carbocycles. The van der Waals surface area contributed by atoms with Crippen LogP contribution in [0.15, 0.2) is 16.8 Å². The molecule has 0 spiro atoms. The van der Waals surface area contributed by atoms with Crippen LogP contribution in [0.3, 0.4) is 0 Å². The summed E-state index contributed by atoms with van der Waals surface area (Å²) in [6.07, 6.45) is 0.744. The fourth-order valence-corrected chi connectivity index (χ4v) is 3.41. The van der Waals surface area contributed by atoms with E-state index in [1.165, 1.54) is 0 Å². The highest BCUT2D eigenvalue weighted by Crippen LogP contribution is 2.28. The number of carbonyl (C=O) groups is 1.